The van der Waals surface area contributed by atoms with Gasteiger partial charge in [0.15, 0.2) is 0 Å². The Bertz CT molecular complexity index is 754. The fourth-order valence-corrected chi connectivity index (χ4v) is 7.12. The Morgan fingerprint density at radius 2 is 1.96 bits per heavy atom. The van der Waals surface area contributed by atoms with E-state index in [2.05, 4.69) is 24.5 Å². The van der Waals surface area contributed by atoms with E-state index in [9.17, 15) is 9.90 Å². The molecule has 152 valence electrons. The van der Waals surface area contributed by atoms with Gasteiger partial charge in [-0.2, -0.15) is 0 Å². The van der Waals surface area contributed by atoms with Crippen molar-refractivity contribution in [1.82, 2.24) is 10.6 Å². The number of phenols is 1. The lowest BCUT2D eigenvalue weighted by Crippen LogP contribution is -2.52. The van der Waals surface area contributed by atoms with Crippen LogP contribution in [0, 0.1) is 29.1 Å². The number of carbonyl (C=O) groups is 1. The van der Waals surface area contributed by atoms with Gasteiger partial charge in [-0.1, -0.05) is 19.9 Å². The molecule has 6 rings (SSSR count). The molecule has 0 spiro atoms. The summed E-state index contributed by atoms with van der Waals surface area (Å²) in [5.74, 6) is 3.83. The average molecular weight is 383 g/mol. The molecule has 0 radical (unpaired) electrons. The number of nitrogens with one attached hydrogen (secondary N) is 2. The molecule has 4 fully saturated rings. The molecule has 4 bridgehead atoms. The van der Waals surface area contributed by atoms with Crippen LogP contribution in [-0.4, -0.2) is 23.1 Å². The highest BCUT2D eigenvalue weighted by Crippen LogP contribution is 2.65. The minimum absolute atomic E-state index is 0.143. The topological polar surface area (TPSA) is 61.4 Å². The minimum Gasteiger partial charge on any atom is -0.508 e. The van der Waals surface area contributed by atoms with Crippen molar-refractivity contribution in [3.8, 4) is 5.75 Å². The van der Waals surface area contributed by atoms with Gasteiger partial charge in [-0.3, -0.25) is 4.79 Å². The van der Waals surface area contributed by atoms with E-state index in [-0.39, 0.29) is 18.0 Å². The first kappa shape index (κ1) is 18.5. The van der Waals surface area contributed by atoms with Crippen LogP contribution < -0.4 is 10.6 Å². The standard InChI is InChI=1S/C24H34N2O2/c1-14(2)22(12-24-9-15-5-17(10-24)18(6-15)11-24)26-23(28)21-8-16-3-4-20(27)7-19(16)13-25-21/h3-4,7,14-15,17-18,21-22,25,27H,5-6,8-13H2,1-2H3,(H,26,28)/t15?,17?,18?,21?,22-,24?/m1/s1. The first-order chi connectivity index (χ1) is 13.4. The highest BCUT2D eigenvalue weighted by molar-refractivity contribution is 5.82. The number of carbonyl (C=O) groups excluding carboxylic acids is 1. The molecule has 1 heterocycles. The summed E-state index contributed by atoms with van der Waals surface area (Å²) in [5, 5.41) is 16.5. The summed E-state index contributed by atoms with van der Waals surface area (Å²) >= 11 is 0. The van der Waals surface area contributed by atoms with Crippen LogP contribution in [0.4, 0.5) is 0 Å². The molecule has 3 unspecified atom stereocenters. The Balaban J connectivity index is 1.25. The third-order valence-electron chi connectivity index (χ3n) is 8.31. The highest BCUT2D eigenvalue weighted by Gasteiger charge is 2.56. The summed E-state index contributed by atoms with van der Waals surface area (Å²) in [6, 6.07) is 5.58. The summed E-state index contributed by atoms with van der Waals surface area (Å²) in [5.41, 5.74) is 2.77. The van der Waals surface area contributed by atoms with Gasteiger partial charge in [0.05, 0.1) is 6.04 Å². The minimum atomic E-state index is -0.174. The summed E-state index contributed by atoms with van der Waals surface area (Å²) in [4.78, 5) is 13.1. The molecule has 4 saturated carbocycles. The predicted molar refractivity (Wildman–Crippen MR) is 110 cm³/mol. The van der Waals surface area contributed by atoms with Crippen molar-refractivity contribution < 1.29 is 9.90 Å². The number of amides is 1. The van der Waals surface area contributed by atoms with E-state index >= 15 is 0 Å². The lowest BCUT2D eigenvalue weighted by Gasteiger charge is -2.42. The van der Waals surface area contributed by atoms with E-state index in [1.165, 1.54) is 37.7 Å². The third-order valence-corrected chi connectivity index (χ3v) is 8.31. The largest absolute Gasteiger partial charge is 0.508 e. The van der Waals surface area contributed by atoms with Gasteiger partial charge in [-0.05, 0) is 97.3 Å². The summed E-state index contributed by atoms with van der Waals surface area (Å²) in [6.07, 6.45) is 9.04. The Kier molecular flexibility index (Phi) is 4.46. The molecule has 4 nitrogen and oxygen atoms in total. The fourth-order valence-electron chi connectivity index (χ4n) is 7.12. The zero-order chi connectivity index (χ0) is 19.5. The predicted octanol–water partition coefficient (Wildman–Crippen LogP) is 3.76. The second kappa shape index (κ2) is 6.76. The second-order valence-electron chi connectivity index (χ2n) is 10.6. The van der Waals surface area contributed by atoms with Crippen LogP contribution in [0.1, 0.15) is 63.5 Å². The Labute approximate surface area is 168 Å². The fraction of sp³-hybridized carbons (Fsp3) is 0.708. The normalized spacial score (nSPS) is 36.5. The van der Waals surface area contributed by atoms with Crippen molar-refractivity contribution in [2.75, 3.05) is 0 Å². The van der Waals surface area contributed by atoms with E-state index in [0.29, 0.717) is 30.0 Å². The first-order valence-corrected chi connectivity index (χ1v) is 11.3. The zero-order valence-corrected chi connectivity index (χ0v) is 17.2. The van der Waals surface area contributed by atoms with Gasteiger partial charge in [0.1, 0.15) is 5.75 Å². The molecule has 4 aliphatic carbocycles. The van der Waals surface area contributed by atoms with E-state index in [1.54, 1.807) is 12.1 Å². The molecule has 0 aromatic heterocycles. The lowest BCUT2D eigenvalue weighted by atomic mass is 9.65. The molecule has 4 heteroatoms. The molecular formula is C24H34N2O2. The molecule has 1 aromatic carbocycles. The average Bonchev–Trinajstić information content (AvgIpc) is 3.06. The van der Waals surface area contributed by atoms with Gasteiger partial charge in [-0.15, -0.1) is 0 Å². The molecule has 4 atom stereocenters. The maximum atomic E-state index is 13.1. The monoisotopic (exact) mass is 382 g/mol. The van der Waals surface area contributed by atoms with Gasteiger partial charge in [0.2, 0.25) is 5.91 Å². The van der Waals surface area contributed by atoms with Crippen molar-refractivity contribution >= 4 is 5.91 Å². The second-order valence-corrected chi connectivity index (χ2v) is 10.6. The number of aromatic hydroxyl groups is 1. The number of phenolic OH excluding ortho intramolecular Hbond substituents is 1. The number of hydrogen-bond acceptors (Lipinski definition) is 3. The smallest absolute Gasteiger partial charge is 0.237 e. The van der Waals surface area contributed by atoms with Gasteiger partial charge in [0.25, 0.3) is 0 Å². The number of hydrogen-bond donors (Lipinski definition) is 3. The molecule has 1 amide bonds. The van der Waals surface area contributed by atoms with Gasteiger partial charge >= 0.3 is 0 Å². The number of rotatable bonds is 5. The Morgan fingerprint density at radius 1 is 1.21 bits per heavy atom. The quantitative estimate of drug-likeness (QED) is 0.727. The Morgan fingerprint density at radius 3 is 2.64 bits per heavy atom. The molecule has 1 aliphatic heterocycles. The Hall–Kier alpha value is -1.55. The van der Waals surface area contributed by atoms with Gasteiger partial charge in [-0.25, -0.2) is 0 Å². The van der Waals surface area contributed by atoms with Crippen LogP contribution in [0.25, 0.3) is 0 Å². The van der Waals surface area contributed by atoms with Crippen LogP contribution in [-0.2, 0) is 17.8 Å². The lowest BCUT2D eigenvalue weighted by molar-refractivity contribution is -0.124. The van der Waals surface area contributed by atoms with Crippen LogP contribution in [0.3, 0.4) is 0 Å². The van der Waals surface area contributed by atoms with Crippen molar-refractivity contribution in [1.29, 1.82) is 0 Å². The number of benzene rings is 1. The van der Waals surface area contributed by atoms with Crippen molar-refractivity contribution in [2.45, 2.75) is 77.4 Å². The van der Waals surface area contributed by atoms with Crippen LogP contribution >= 0.6 is 0 Å². The van der Waals surface area contributed by atoms with Crippen molar-refractivity contribution in [3.05, 3.63) is 29.3 Å². The zero-order valence-electron chi connectivity index (χ0n) is 17.2. The summed E-state index contributed by atoms with van der Waals surface area (Å²) in [6.45, 7) is 5.15. The maximum absolute atomic E-state index is 13.1. The molecule has 1 aromatic rings. The van der Waals surface area contributed by atoms with Gasteiger partial charge in [0, 0.05) is 12.6 Å². The van der Waals surface area contributed by atoms with Crippen LogP contribution in [0.15, 0.2) is 18.2 Å². The van der Waals surface area contributed by atoms with Gasteiger partial charge < -0.3 is 15.7 Å². The van der Waals surface area contributed by atoms with E-state index in [4.69, 9.17) is 0 Å². The molecule has 5 aliphatic rings. The van der Waals surface area contributed by atoms with Crippen molar-refractivity contribution in [3.63, 3.8) is 0 Å². The van der Waals surface area contributed by atoms with Crippen LogP contribution in [0.2, 0.25) is 0 Å². The van der Waals surface area contributed by atoms with Crippen LogP contribution in [0.5, 0.6) is 5.75 Å². The van der Waals surface area contributed by atoms with E-state index < -0.39 is 0 Å². The molecule has 0 saturated heterocycles. The molecular weight excluding hydrogens is 348 g/mol. The summed E-state index contributed by atoms with van der Waals surface area (Å²) < 4.78 is 0. The molecule has 28 heavy (non-hydrogen) atoms. The maximum Gasteiger partial charge on any atom is 0.237 e. The van der Waals surface area contributed by atoms with Crippen molar-refractivity contribution in [2.24, 2.45) is 29.1 Å². The SMILES string of the molecule is CC(C)[C@@H](CC12CC3CC(C1)C(C3)C2)NC(=O)C1Cc2ccc(O)cc2CN1. The highest BCUT2D eigenvalue weighted by atomic mass is 16.3. The van der Waals surface area contributed by atoms with E-state index in [1.807, 2.05) is 6.07 Å². The van der Waals surface area contributed by atoms with E-state index in [0.717, 1.165) is 29.7 Å². The first-order valence-electron chi connectivity index (χ1n) is 11.3. The summed E-state index contributed by atoms with van der Waals surface area (Å²) in [7, 11) is 0. The third kappa shape index (κ3) is 3.24. The molecule has 3 N–H and O–H groups in total. The number of fused-ring (bicyclic) bond motifs is 1.